The van der Waals surface area contributed by atoms with Crippen molar-refractivity contribution in [1.82, 2.24) is 15.3 Å². The first-order chi connectivity index (χ1) is 10.3. The minimum atomic E-state index is -0.180. The zero-order valence-corrected chi connectivity index (χ0v) is 12.1. The van der Waals surface area contributed by atoms with E-state index >= 15 is 0 Å². The standard InChI is InChI=1S/C15H19N3O3/c1-20-14-12(15(21-2)18-10-17-14)8-16-13(9-19)11-6-4-3-5-7-11/h3-7,10,13,16,19H,8-9H2,1-2H3. The fourth-order valence-electron chi connectivity index (χ4n) is 2.08. The fraction of sp³-hybridized carbons (Fsp3) is 0.333. The average molecular weight is 289 g/mol. The summed E-state index contributed by atoms with van der Waals surface area (Å²) in [5, 5.41) is 12.8. The second-order valence-electron chi connectivity index (χ2n) is 4.40. The number of hydrogen-bond donors (Lipinski definition) is 2. The van der Waals surface area contributed by atoms with Gasteiger partial charge in [0.1, 0.15) is 6.33 Å². The lowest BCUT2D eigenvalue weighted by Gasteiger charge is -2.18. The molecule has 112 valence electrons. The number of aliphatic hydroxyl groups is 1. The first-order valence-corrected chi connectivity index (χ1v) is 6.61. The number of benzene rings is 1. The van der Waals surface area contributed by atoms with Crippen LogP contribution in [0.5, 0.6) is 11.8 Å². The van der Waals surface area contributed by atoms with E-state index in [1.165, 1.54) is 6.33 Å². The second-order valence-corrected chi connectivity index (χ2v) is 4.40. The van der Waals surface area contributed by atoms with Gasteiger partial charge in [-0.1, -0.05) is 30.3 Å². The fourth-order valence-corrected chi connectivity index (χ4v) is 2.08. The van der Waals surface area contributed by atoms with Crippen molar-refractivity contribution in [2.75, 3.05) is 20.8 Å². The molecule has 0 aliphatic heterocycles. The minimum absolute atomic E-state index is 0.0116. The molecule has 1 atom stereocenters. The van der Waals surface area contributed by atoms with Gasteiger partial charge in [0.15, 0.2) is 0 Å². The van der Waals surface area contributed by atoms with Crippen molar-refractivity contribution < 1.29 is 14.6 Å². The predicted octanol–water partition coefficient (Wildman–Crippen LogP) is 1.32. The van der Waals surface area contributed by atoms with Crippen molar-refractivity contribution in [2.45, 2.75) is 12.6 Å². The molecule has 0 amide bonds. The SMILES string of the molecule is COc1ncnc(OC)c1CNC(CO)c1ccccc1. The maximum atomic E-state index is 9.55. The van der Waals surface area contributed by atoms with Crippen LogP contribution in [-0.4, -0.2) is 35.9 Å². The third-order valence-electron chi connectivity index (χ3n) is 3.16. The van der Waals surface area contributed by atoms with Crippen LogP contribution in [0.1, 0.15) is 17.2 Å². The lowest BCUT2D eigenvalue weighted by Crippen LogP contribution is -2.24. The smallest absolute Gasteiger partial charge is 0.224 e. The molecule has 0 aliphatic rings. The van der Waals surface area contributed by atoms with Crippen LogP contribution in [0.25, 0.3) is 0 Å². The molecule has 0 aliphatic carbocycles. The van der Waals surface area contributed by atoms with Gasteiger partial charge >= 0.3 is 0 Å². The normalized spacial score (nSPS) is 12.0. The Hall–Kier alpha value is -2.18. The van der Waals surface area contributed by atoms with Gasteiger partial charge in [0.25, 0.3) is 0 Å². The highest BCUT2D eigenvalue weighted by Crippen LogP contribution is 2.24. The van der Waals surface area contributed by atoms with Gasteiger partial charge in [0.05, 0.1) is 32.4 Å². The number of methoxy groups -OCH3 is 2. The largest absolute Gasteiger partial charge is 0.481 e. The number of nitrogens with one attached hydrogen (secondary N) is 1. The molecule has 1 unspecified atom stereocenters. The van der Waals surface area contributed by atoms with Crippen molar-refractivity contribution in [3.05, 3.63) is 47.8 Å². The van der Waals surface area contributed by atoms with Gasteiger partial charge in [-0.3, -0.25) is 0 Å². The lowest BCUT2D eigenvalue weighted by molar-refractivity contribution is 0.242. The Labute approximate surface area is 123 Å². The van der Waals surface area contributed by atoms with Gasteiger partial charge in [-0.05, 0) is 5.56 Å². The molecule has 2 aromatic rings. The lowest BCUT2D eigenvalue weighted by atomic mass is 10.1. The molecule has 0 saturated heterocycles. The Balaban J connectivity index is 2.15. The summed E-state index contributed by atoms with van der Waals surface area (Å²) in [6.07, 6.45) is 1.39. The van der Waals surface area contributed by atoms with E-state index in [0.717, 1.165) is 11.1 Å². The van der Waals surface area contributed by atoms with Gasteiger partial charge in [-0.25, -0.2) is 9.97 Å². The van der Waals surface area contributed by atoms with E-state index < -0.39 is 0 Å². The number of aliphatic hydroxyl groups excluding tert-OH is 1. The molecule has 2 rings (SSSR count). The Kier molecular flexibility index (Phi) is 5.48. The maximum Gasteiger partial charge on any atom is 0.224 e. The van der Waals surface area contributed by atoms with Gasteiger partial charge in [0, 0.05) is 6.54 Å². The first-order valence-electron chi connectivity index (χ1n) is 6.61. The zero-order chi connectivity index (χ0) is 15.1. The first kappa shape index (κ1) is 15.2. The molecule has 0 radical (unpaired) electrons. The highest BCUT2D eigenvalue weighted by Gasteiger charge is 2.16. The molecule has 0 spiro atoms. The van der Waals surface area contributed by atoms with Crippen molar-refractivity contribution >= 4 is 0 Å². The predicted molar refractivity (Wildman–Crippen MR) is 78.2 cm³/mol. The van der Waals surface area contributed by atoms with Gasteiger partial charge in [0.2, 0.25) is 11.8 Å². The van der Waals surface area contributed by atoms with Crippen LogP contribution >= 0.6 is 0 Å². The number of aromatic nitrogens is 2. The molecule has 6 nitrogen and oxygen atoms in total. The number of rotatable bonds is 7. The van der Waals surface area contributed by atoms with Crippen LogP contribution in [0.3, 0.4) is 0 Å². The zero-order valence-electron chi connectivity index (χ0n) is 12.1. The van der Waals surface area contributed by atoms with E-state index in [9.17, 15) is 5.11 Å². The van der Waals surface area contributed by atoms with Crippen molar-refractivity contribution in [2.24, 2.45) is 0 Å². The van der Waals surface area contributed by atoms with Crippen LogP contribution in [0.4, 0.5) is 0 Å². The van der Waals surface area contributed by atoms with Crippen LogP contribution < -0.4 is 14.8 Å². The van der Waals surface area contributed by atoms with Crippen LogP contribution in [0.2, 0.25) is 0 Å². The Bertz CT molecular complexity index is 541. The van der Waals surface area contributed by atoms with Gasteiger partial charge < -0.3 is 19.9 Å². The number of ether oxygens (including phenoxy) is 2. The van der Waals surface area contributed by atoms with E-state index in [1.54, 1.807) is 14.2 Å². The molecule has 21 heavy (non-hydrogen) atoms. The van der Waals surface area contributed by atoms with E-state index in [0.29, 0.717) is 18.3 Å². The number of nitrogens with zero attached hydrogens (tertiary/aromatic N) is 2. The topological polar surface area (TPSA) is 76.5 Å². The molecular weight excluding hydrogens is 270 g/mol. The highest BCUT2D eigenvalue weighted by molar-refractivity contribution is 5.34. The average Bonchev–Trinajstić information content (AvgIpc) is 2.56. The minimum Gasteiger partial charge on any atom is -0.481 e. The quantitative estimate of drug-likeness (QED) is 0.800. The summed E-state index contributed by atoms with van der Waals surface area (Å²) < 4.78 is 10.5. The summed E-state index contributed by atoms with van der Waals surface area (Å²) in [6.45, 7) is 0.412. The summed E-state index contributed by atoms with van der Waals surface area (Å²) in [7, 11) is 3.10. The van der Waals surface area contributed by atoms with Crippen LogP contribution in [0, 0.1) is 0 Å². The van der Waals surface area contributed by atoms with E-state index in [2.05, 4.69) is 15.3 Å². The van der Waals surface area contributed by atoms with Gasteiger partial charge in [-0.15, -0.1) is 0 Å². The Morgan fingerprint density at radius 2 is 1.71 bits per heavy atom. The Morgan fingerprint density at radius 3 is 2.24 bits per heavy atom. The summed E-state index contributed by atoms with van der Waals surface area (Å²) in [5.74, 6) is 0.915. The second kappa shape index (κ2) is 7.56. The summed E-state index contributed by atoms with van der Waals surface area (Å²) in [4.78, 5) is 8.13. The molecule has 2 N–H and O–H groups in total. The molecular formula is C15H19N3O3. The van der Waals surface area contributed by atoms with E-state index in [1.807, 2.05) is 30.3 Å². The molecule has 1 aromatic heterocycles. The summed E-state index contributed by atoms with van der Waals surface area (Å²) >= 11 is 0. The highest BCUT2D eigenvalue weighted by atomic mass is 16.5. The molecule has 0 fully saturated rings. The van der Waals surface area contributed by atoms with E-state index in [4.69, 9.17) is 9.47 Å². The third-order valence-corrected chi connectivity index (χ3v) is 3.16. The molecule has 1 heterocycles. The van der Waals surface area contributed by atoms with E-state index in [-0.39, 0.29) is 12.6 Å². The molecule has 1 aromatic carbocycles. The molecule has 6 heteroatoms. The van der Waals surface area contributed by atoms with Crippen molar-refractivity contribution in [1.29, 1.82) is 0 Å². The number of hydrogen-bond acceptors (Lipinski definition) is 6. The van der Waals surface area contributed by atoms with Crippen LogP contribution in [0.15, 0.2) is 36.7 Å². The monoisotopic (exact) mass is 289 g/mol. The maximum absolute atomic E-state index is 9.55. The summed E-state index contributed by atoms with van der Waals surface area (Å²) in [6, 6.07) is 9.56. The Morgan fingerprint density at radius 1 is 1.10 bits per heavy atom. The molecule has 0 bridgehead atoms. The van der Waals surface area contributed by atoms with Gasteiger partial charge in [-0.2, -0.15) is 0 Å². The molecule has 0 saturated carbocycles. The van der Waals surface area contributed by atoms with Crippen molar-refractivity contribution in [3.8, 4) is 11.8 Å². The third kappa shape index (κ3) is 3.68. The summed E-state index contributed by atoms with van der Waals surface area (Å²) in [5.41, 5.74) is 1.73. The van der Waals surface area contributed by atoms with Crippen LogP contribution in [-0.2, 0) is 6.54 Å². The van der Waals surface area contributed by atoms with Crippen molar-refractivity contribution in [3.63, 3.8) is 0 Å².